The summed E-state index contributed by atoms with van der Waals surface area (Å²) in [6.07, 6.45) is 3.69. The molecule has 0 saturated heterocycles. The highest BCUT2D eigenvalue weighted by Crippen LogP contribution is 2.19. The fourth-order valence-corrected chi connectivity index (χ4v) is 1.82. The number of fused-ring (bicyclic) bond motifs is 1. The number of para-hydroxylation sites is 1. The minimum Gasteiger partial charge on any atom is -0.397 e. The van der Waals surface area contributed by atoms with Crippen LogP contribution in [0.4, 0.5) is 5.69 Å². The largest absolute Gasteiger partial charge is 0.397 e. The Balaban J connectivity index is 2.22. The molecule has 1 aromatic carbocycles. The molecular formula is C13H11N3. The van der Waals surface area contributed by atoms with Gasteiger partial charge in [-0.1, -0.05) is 18.2 Å². The standard InChI is InChI=1S/C13H11N3/c14-11-5-6-13(15-9-11)16-8-7-10-3-1-2-4-12(10)16/h1-9H,14H2. The lowest BCUT2D eigenvalue weighted by Crippen LogP contribution is -1.96. The van der Waals surface area contributed by atoms with Gasteiger partial charge in [0.2, 0.25) is 0 Å². The molecule has 0 fully saturated rings. The van der Waals surface area contributed by atoms with Crippen molar-refractivity contribution < 1.29 is 0 Å². The van der Waals surface area contributed by atoms with Gasteiger partial charge in [0, 0.05) is 6.20 Å². The number of hydrogen-bond donors (Lipinski definition) is 1. The molecule has 0 unspecified atom stereocenters. The van der Waals surface area contributed by atoms with Crippen LogP contribution in [-0.4, -0.2) is 9.55 Å². The van der Waals surface area contributed by atoms with Crippen LogP contribution in [0.5, 0.6) is 0 Å². The number of nitrogens with two attached hydrogens (primary N) is 1. The van der Waals surface area contributed by atoms with Crippen molar-refractivity contribution in [2.75, 3.05) is 5.73 Å². The van der Waals surface area contributed by atoms with Gasteiger partial charge < -0.3 is 10.3 Å². The van der Waals surface area contributed by atoms with E-state index >= 15 is 0 Å². The molecule has 3 nitrogen and oxygen atoms in total. The summed E-state index contributed by atoms with van der Waals surface area (Å²) in [5, 5.41) is 1.21. The number of pyridine rings is 1. The zero-order chi connectivity index (χ0) is 11.0. The Hall–Kier alpha value is -2.29. The Kier molecular flexibility index (Phi) is 1.90. The minimum atomic E-state index is 0.681. The summed E-state index contributed by atoms with van der Waals surface area (Å²) >= 11 is 0. The van der Waals surface area contributed by atoms with E-state index < -0.39 is 0 Å². The molecule has 3 heteroatoms. The van der Waals surface area contributed by atoms with Crippen LogP contribution in [0.3, 0.4) is 0 Å². The van der Waals surface area contributed by atoms with Crippen LogP contribution >= 0.6 is 0 Å². The van der Waals surface area contributed by atoms with Crippen molar-refractivity contribution in [1.82, 2.24) is 9.55 Å². The van der Waals surface area contributed by atoms with Crippen LogP contribution < -0.4 is 5.73 Å². The molecule has 2 aromatic heterocycles. The maximum atomic E-state index is 5.62. The number of hydrogen-bond acceptors (Lipinski definition) is 2. The van der Waals surface area contributed by atoms with E-state index in [0.29, 0.717) is 5.69 Å². The van der Waals surface area contributed by atoms with E-state index in [2.05, 4.69) is 27.8 Å². The second kappa shape index (κ2) is 3.38. The lowest BCUT2D eigenvalue weighted by atomic mass is 10.2. The fraction of sp³-hybridized carbons (Fsp3) is 0. The third-order valence-electron chi connectivity index (χ3n) is 2.62. The predicted octanol–water partition coefficient (Wildman–Crippen LogP) is 2.61. The molecule has 0 radical (unpaired) electrons. The summed E-state index contributed by atoms with van der Waals surface area (Å²) in [5.74, 6) is 0.885. The molecule has 0 aliphatic carbocycles. The van der Waals surface area contributed by atoms with Crippen LogP contribution in [0, 0.1) is 0 Å². The van der Waals surface area contributed by atoms with Gasteiger partial charge in [-0.25, -0.2) is 4.98 Å². The fourth-order valence-electron chi connectivity index (χ4n) is 1.82. The van der Waals surface area contributed by atoms with Crippen molar-refractivity contribution in [3.63, 3.8) is 0 Å². The van der Waals surface area contributed by atoms with E-state index in [1.54, 1.807) is 6.20 Å². The summed E-state index contributed by atoms with van der Waals surface area (Å²) in [6.45, 7) is 0. The highest BCUT2D eigenvalue weighted by atomic mass is 15.0. The molecule has 3 aromatic rings. The first-order valence-corrected chi connectivity index (χ1v) is 5.12. The zero-order valence-corrected chi connectivity index (χ0v) is 8.67. The zero-order valence-electron chi connectivity index (χ0n) is 8.67. The SMILES string of the molecule is Nc1ccc(-n2ccc3ccccc32)nc1. The summed E-state index contributed by atoms with van der Waals surface area (Å²) in [5.41, 5.74) is 7.45. The summed E-state index contributed by atoms with van der Waals surface area (Å²) in [6, 6.07) is 14.1. The van der Waals surface area contributed by atoms with E-state index in [0.717, 1.165) is 11.3 Å². The molecule has 2 heterocycles. The smallest absolute Gasteiger partial charge is 0.137 e. The van der Waals surface area contributed by atoms with Gasteiger partial charge in [-0.2, -0.15) is 0 Å². The lowest BCUT2D eigenvalue weighted by molar-refractivity contribution is 1.05. The van der Waals surface area contributed by atoms with Gasteiger partial charge in [-0.15, -0.1) is 0 Å². The summed E-state index contributed by atoms with van der Waals surface area (Å²) in [4.78, 5) is 4.31. The second-order valence-electron chi connectivity index (χ2n) is 3.69. The minimum absolute atomic E-state index is 0.681. The van der Waals surface area contributed by atoms with Crippen LogP contribution in [0.1, 0.15) is 0 Å². The Morgan fingerprint density at radius 3 is 2.69 bits per heavy atom. The first-order chi connectivity index (χ1) is 7.84. The molecule has 0 aliphatic rings. The predicted molar refractivity (Wildman–Crippen MR) is 65.5 cm³/mol. The molecule has 0 spiro atoms. The Morgan fingerprint density at radius 1 is 1.00 bits per heavy atom. The molecule has 16 heavy (non-hydrogen) atoms. The molecule has 78 valence electrons. The molecular weight excluding hydrogens is 198 g/mol. The number of aromatic nitrogens is 2. The Labute approximate surface area is 93.1 Å². The van der Waals surface area contributed by atoms with Crippen molar-refractivity contribution in [1.29, 1.82) is 0 Å². The van der Waals surface area contributed by atoms with Gasteiger partial charge >= 0.3 is 0 Å². The highest BCUT2D eigenvalue weighted by molar-refractivity contribution is 5.81. The maximum Gasteiger partial charge on any atom is 0.137 e. The quantitative estimate of drug-likeness (QED) is 0.669. The summed E-state index contributed by atoms with van der Waals surface area (Å²) in [7, 11) is 0. The Morgan fingerprint density at radius 2 is 1.88 bits per heavy atom. The topological polar surface area (TPSA) is 43.8 Å². The van der Waals surface area contributed by atoms with Gasteiger partial charge in [0.1, 0.15) is 5.82 Å². The third-order valence-corrected chi connectivity index (χ3v) is 2.62. The average molecular weight is 209 g/mol. The average Bonchev–Trinajstić information content (AvgIpc) is 2.74. The molecule has 0 atom stereocenters. The maximum absolute atomic E-state index is 5.62. The number of nitrogen functional groups attached to an aromatic ring is 1. The number of rotatable bonds is 1. The van der Waals surface area contributed by atoms with Gasteiger partial charge in [0.05, 0.1) is 17.4 Å². The van der Waals surface area contributed by atoms with Crippen molar-refractivity contribution in [3.8, 4) is 5.82 Å². The number of anilines is 1. The Bertz CT molecular complexity index is 623. The molecule has 0 aliphatic heterocycles. The van der Waals surface area contributed by atoms with Crippen molar-refractivity contribution in [2.24, 2.45) is 0 Å². The molecule has 2 N–H and O–H groups in total. The first kappa shape index (κ1) is 8.97. The van der Waals surface area contributed by atoms with Crippen molar-refractivity contribution >= 4 is 16.6 Å². The summed E-state index contributed by atoms with van der Waals surface area (Å²) < 4.78 is 2.05. The molecule has 3 rings (SSSR count). The molecule has 0 bridgehead atoms. The van der Waals surface area contributed by atoms with Crippen LogP contribution in [0.2, 0.25) is 0 Å². The van der Waals surface area contributed by atoms with Gasteiger partial charge in [-0.05, 0) is 29.7 Å². The van der Waals surface area contributed by atoms with Gasteiger partial charge in [-0.3, -0.25) is 0 Å². The lowest BCUT2D eigenvalue weighted by Gasteiger charge is -2.04. The number of benzene rings is 1. The first-order valence-electron chi connectivity index (χ1n) is 5.12. The van der Waals surface area contributed by atoms with Crippen LogP contribution in [0.15, 0.2) is 54.9 Å². The highest BCUT2D eigenvalue weighted by Gasteiger charge is 2.02. The van der Waals surface area contributed by atoms with Gasteiger partial charge in [0.25, 0.3) is 0 Å². The molecule has 0 amide bonds. The van der Waals surface area contributed by atoms with Crippen LogP contribution in [-0.2, 0) is 0 Å². The monoisotopic (exact) mass is 209 g/mol. The van der Waals surface area contributed by atoms with E-state index in [9.17, 15) is 0 Å². The van der Waals surface area contributed by atoms with Crippen molar-refractivity contribution in [2.45, 2.75) is 0 Å². The third kappa shape index (κ3) is 1.34. The van der Waals surface area contributed by atoms with Crippen LogP contribution in [0.25, 0.3) is 16.7 Å². The van der Waals surface area contributed by atoms with E-state index in [1.165, 1.54) is 5.39 Å². The van der Waals surface area contributed by atoms with Crippen molar-refractivity contribution in [3.05, 3.63) is 54.9 Å². The van der Waals surface area contributed by atoms with E-state index in [1.807, 2.05) is 30.5 Å². The second-order valence-corrected chi connectivity index (χ2v) is 3.69. The normalized spacial score (nSPS) is 10.8. The molecule has 0 saturated carbocycles. The van der Waals surface area contributed by atoms with E-state index in [-0.39, 0.29) is 0 Å². The van der Waals surface area contributed by atoms with E-state index in [4.69, 9.17) is 5.73 Å². The van der Waals surface area contributed by atoms with Gasteiger partial charge in [0.15, 0.2) is 0 Å². The number of nitrogens with zero attached hydrogens (tertiary/aromatic N) is 2.